The Bertz CT molecular complexity index is 712. The van der Waals surface area contributed by atoms with Gasteiger partial charge in [0.05, 0.1) is 24.5 Å². The van der Waals surface area contributed by atoms with Crippen LogP contribution in [0.3, 0.4) is 0 Å². The summed E-state index contributed by atoms with van der Waals surface area (Å²) < 4.78 is 5.26. The van der Waals surface area contributed by atoms with Gasteiger partial charge in [0.25, 0.3) is 0 Å². The van der Waals surface area contributed by atoms with Crippen molar-refractivity contribution in [2.75, 3.05) is 12.4 Å². The number of nitrogens with zero attached hydrogens (tertiary/aromatic N) is 2. The Hall–Kier alpha value is -2.62. The lowest BCUT2D eigenvalue weighted by Gasteiger charge is -2.09. The van der Waals surface area contributed by atoms with Gasteiger partial charge in [-0.1, -0.05) is 18.2 Å². The Morgan fingerprint density at radius 1 is 1.05 bits per heavy atom. The van der Waals surface area contributed by atoms with E-state index in [1.165, 1.54) is 0 Å². The van der Waals surface area contributed by atoms with E-state index in [-0.39, 0.29) is 0 Å². The molecule has 0 fully saturated rings. The molecule has 1 N–H and O–H groups in total. The average Bonchev–Trinajstić information content (AvgIpc) is 2.48. The lowest BCUT2D eigenvalue weighted by Crippen LogP contribution is -1.97. The van der Waals surface area contributed by atoms with Crippen LogP contribution < -0.4 is 10.1 Å². The molecule has 0 aliphatic heterocycles. The molecule has 0 aliphatic carbocycles. The van der Waals surface area contributed by atoms with Gasteiger partial charge < -0.3 is 10.1 Å². The van der Waals surface area contributed by atoms with Crippen molar-refractivity contribution >= 4 is 22.4 Å². The molecule has 0 saturated carbocycles. The molecular weight excluding hydrogens is 238 g/mol. The summed E-state index contributed by atoms with van der Waals surface area (Å²) in [6.07, 6.45) is 3.51. The number of hydrogen-bond acceptors (Lipinski definition) is 4. The number of nitrogens with one attached hydrogen (secondary N) is 1. The number of methoxy groups -OCH3 is 1. The molecule has 94 valence electrons. The SMILES string of the molecule is COc1cccnc1Nc1cnc2ccccc2c1. The van der Waals surface area contributed by atoms with Crippen molar-refractivity contribution < 1.29 is 4.74 Å². The first kappa shape index (κ1) is 11.5. The van der Waals surface area contributed by atoms with Crippen LogP contribution in [0.5, 0.6) is 5.75 Å². The molecule has 0 radical (unpaired) electrons. The molecule has 4 heteroatoms. The second-order valence-corrected chi connectivity index (χ2v) is 4.10. The summed E-state index contributed by atoms with van der Waals surface area (Å²) in [6, 6.07) is 13.7. The summed E-state index contributed by atoms with van der Waals surface area (Å²) in [5, 5.41) is 4.30. The van der Waals surface area contributed by atoms with Crippen molar-refractivity contribution in [1.29, 1.82) is 0 Å². The molecule has 19 heavy (non-hydrogen) atoms. The number of hydrogen-bond donors (Lipinski definition) is 1. The van der Waals surface area contributed by atoms with E-state index in [9.17, 15) is 0 Å². The predicted molar refractivity (Wildman–Crippen MR) is 75.8 cm³/mol. The first-order chi connectivity index (χ1) is 9.36. The summed E-state index contributed by atoms with van der Waals surface area (Å²) in [7, 11) is 1.63. The van der Waals surface area contributed by atoms with E-state index < -0.39 is 0 Å². The van der Waals surface area contributed by atoms with Crippen molar-refractivity contribution in [2.24, 2.45) is 0 Å². The highest BCUT2D eigenvalue weighted by Gasteiger charge is 2.04. The molecule has 2 aromatic heterocycles. The van der Waals surface area contributed by atoms with Crippen molar-refractivity contribution in [3.63, 3.8) is 0 Å². The fraction of sp³-hybridized carbons (Fsp3) is 0.0667. The number of anilines is 2. The van der Waals surface area contributed by atoms with Crippen LogP contribution in [0.2, 0.25) is 0 Å². The van der Waals surface area contributed by atoms with Gasteiger partial charge in [-0.05, 0) is 24.3 Å². The fourth-order valence-corrected chi connectivity index (χ4v) is 1.93. The third-order valence-corrected chi connectivity index (χ3v) is 2.84. The van der Waals surface area contributed by atoms with E-state index in [1.54, 1.807) is 19.5 Å². The van der Waals surface area contributed by atoms with Crippen LogP contribution >= 0.6 is 0 Å². The van der Waals surface area contributed by atoms with Gasteiger partial charge in [0.2, 0.25) is 0 Å². The minimum absolute atomic E-state index is 0.682. The zero-order chi connectivity index (χ0) is 13.1. The minimum Gasteiger partial charge on any atom is -0.493 e. The van der Waals surface area contributed by atoms with Gasteiger partial charge in [0.1, 0.15) is 0 Å². The molecule has 3 rings (SSSR count). The zero-order valence-corrected chi connectivity index (χ0v) is 10.5. The molecule has 0 aliphatic rings. The van der Waals surface area contributed by atoms with Gasteiger partial charge in [0, 0.05) is 11.6 Å². The monoisotopic (exact) mass is 251 g/mol. The maximum Gasteiger partial charge on any atom is 0.173 e. The minimum atomic E-state index is 0.682. The van der Waals surface area contributed by atoms with Crippen LogP contribution in [0, 0.1) is 0 Å². The summed E-state index contributed by atoms with van der Waals surface area (Å²) in [6.45, 7) is 0. The number of aromatic nitrogens is 2. The highest BCUT2D eigenvalue weighted by Crippen LogP contribution is 2.25. The molecule has 1 aromatic carbocycles. The van der Waals surface area contributed by atoms with Crippen molar-refractivity contribution in [3.05, 3.63) is 54.9 Å². The van der Waals surface area contributed by atoms with Crippen molar-refractivity contribution in [1.82, 2.24) is 9.97 Å². The summed E-state index contributed by atoms with van der Waals surface area (Å²) in [4.78, 5) is 8.66. The normalized spacial score (nSPS) is 10.4. The third kappa shape index (κ3) is 2.33. The lowest BCUT2D eigenvalue weighted by molar-refractivity contribution is 0.415. The lowest BCUT2D eigenvalue weighted by atomic mass is 10.2. The van der Waals surface area contributed by atoms with Gasteiger partial charge >= 0.3 is 0 Å². The number of pyridine rings is 2. The van der Waals surface area contributed by atoms with Gasteiger partial charge in [0.15, 0.2) is 11.6 Å². The number of fused-ring (bicyclic) bond motifs is 1. The molecular formula is C15H13N3O. The van der Waals surface area contributed by atoms with Gasteiger partial charge in [-0.3, -0.25) is 4.98 Å². The van der Waals surface area contributed by atoms with E-state index in [4.69, 9.17) is 4.74 Å². The largest absolute Gasteiger partial charge is 0.493 e. The van der Waals surface area contributed by atoms with Gasteiger partial charge in [-0.2, -0.15) is 0 Å². The molecule has 0 bridgehead atoms. The van der Waals surface area contributed by atoms with Crippen LogP contribution in [-0.2, 0) is 0 Å². The molecule has 0 saturated heterocycles. The molecule has 2 heterocycles. The molecule has 3 aromatic rings. The van der Waals surface area contributed by atoms with Crippen LogP contribution in [0.25, 0.3) is 10.9 Å². The molecule has 0 spiro atoms. The zero-order valence-electron chi connectivity index (χ0n) is 10.5. The molecule has 4 nitrogen and oxygen atoms in total. The van der Waals surface area contributed by atoms with Crippen molar-refractivity contribution in [2.45, 2.75) is 0 Å². The Morgan fingerprint density at radius 3 is 2.84 bits per heavy atom. The topological polar surface area (TPSA) is 47.0 Å². The van der Waals surface area contributed by atoms with Crippen LogP contribution in [0.15, 0.2) is 54.9 Å². The Morgan fingerprint density at radius 2 is 1.95 bits per heavy atom. The van der Waals surface area contributed by atoms with E-state index in [1.807, 2.05) is 42.5 Å². The highest BCUT2D eigenvalue weighted by atomic mass is 16.5. The molecule has 0 amide bonds. The average molecular weight is 251 g/mol. The van der Waals surface area contributed by atoms with E-state index in [0.29, 0.717) is 11.6 Å². The van der Waals surface area contributed by atoms with Crippen LogP contribution in [0.1, 0.15) is 0 Å². The maximum atomic E-state index is 5.26. The van der Waals surface area contributed by atoms with Crippen molar-refractivity contribution in [3.8, 4) is 5.75 Å². The second-order valence-electron chi connectivity index (χ2n) is 4.10. The summed E-state index contributed by atoms with van der Waals surface area (Å²) >= 11 is 0. The van der Waals surface area contributed by atoms with Gasteiger partial charge in [-0.15, -0.1) is 0 Å². The first-order valence-electron chi connectivity index (χ1n) is 5.97. The summed E-state index contributed by atoms with van der Waals surface area (Å²) in [5.41, 5.74) is 1.86. The highest BCUT2D eigenvalue weighted by molar-refractivity contribution is 5.82. The maximum absolute atomic E-state index is 5.26. The number of ether oxygens (including phenoxy) is 1. The number of benzene rings is 1. The fourth-order valence-electron chi connectivity index (χ4n) is 1.93. The van der Waals surface area contributed by atoms with E-state index in [0.717, 1.165) is 16.6 Å². The van der Waals surface area contributed by atoms with E-state index in [2.05, 4.69) is 15.3 Å². The number of para-hydroxylation sites is 1. The first-order valence-corrected chi connectivity index (χ1v) is 5.97. The van der Waals surface area contributed by atoms with Crippen LogP contribution in [0.4, 0.5) is 11.5 Å². The van der Waals surface area contributed by atoms with Crippen LogP contribution in [-0.4, -0.2) is 17.1 Å². The quantitative estimate of drug-likeness (QED) is 0.775. The molecule has 0 unspecified atom stereocenters. The third-order valence-electron chi connectivity index (χ3n) is 2.84. The summed E-state index contributed by atoms with van der Waals surface area (Å²) in [5.74, 6) is 1.39. The Kier molecular flexibility index (Phi) is 2.98. The van der Waals surface area contributed by atoms with Gasteiger partial charge in [-0.25, -0.2) is 4.98 Å². The molecule has 0 atom stereocenters. The standard InChI is InChI=1S/C15H13N3O/c1-19-14-7-4-8-16-15(14)18-12-9-11-5-2-3-6-13(11)17-10-12/h2-10H,1H3,(H,16,18). The Labute approximate surface area is 111 Å². The Balaban J connectivity index is 1.96. The predicted octanol–water partition coefficient (Wildman–Crippen LogP) is 3.38. The smallest absolute Gasteiger partial charge is 0.173 e. The second kappa shape index (κ2) is 4.94. The van der Waals surface area contributed by atoms with E-state index >= 15 is 0 Å². The number of rotatable bonds is 3.